The summed E-state index contributed by atoms with van der Waals surface area (Å²) in [6, 6.07) is 2.25. The summed E-state index contributed by atoms with van der Waals surface area (Å²) in [5.41, 5.74) is 1.51. The number of hydrogen-bond donors (Lipinski definition) is 1. The monoisotopic (exact) mass is 225 g/mol. The van der Waals surface area contributed by atoms with E-state index in [1.165, 1.54) is 37.8 Å². The number of nitrogens with one attached hydrogen (secondary N) is 1. The van der Waals surface area contributed by atoms with E-state index in [0.717, 1.165) is 12.5 Å². The highest BCUT2D eigenvalue weighted by Gasteiger charge is 2.05. The van der Waals surface area contributed by atoms with Gasteiger partial charge >= 0.3 is 0 Å². The minimum Gasteiger partial charge on any atom is -0.316 e. The van der Waals surface area contributed by atoms with Crippen molar-refractivity contribution in [3.63, 3.8) is 0 Å². The summed E-state index contributed by atoms with van der Waals surface area (Å²) in [4.78, 5) is 0. The first-order valence-corrected chi connectivity index (χ1v) is 7.02. The molecule has 1 atom stereocenters. The van der Waals surface area contributed by atoms with Crippen molar-refractivity contribution >= 4 is 11.3 Å². The Morgan fingerprint density at radius 2 is 2.27 bits per heavy atom. The molecule has 1 aromatic heterocycles. The number of aryl methyl sites for hydroxylation is 1. The highest BCUT2D eigenvalue weighted by Crippen LogP contribution is 2.14. The minimum absolute atomic E-state index is 0.844. The van der Waals surface area contributed by atoms with Gasteiger partial charge in [0.05, 0.1) is 0 Å². The zero-order valence-electron chi connectivity index (χ0n) is 9.96. The maximum atomic E-state index is 3.52. The van der Waals surface area contributed by atoms with Gasteiger partial charge in [-0.3, -0.25) is 0 Å². The first kappa shape index (κ1) is 12.7. The van der Waals surface area contributed by atoms with Crippen molar-refractivity contribution in [1.82, 2.24) is 5.32 Å². The molecule has 15 heavy (non-hydrogen) atoms. The quantitative estimate of drug-likeness (QED) is 0.665. The summed E-state index contributed by atoms with van der Waals surface area (Å²) >= 11 is 1.80. The van der Waals surface area contributed by atoms with E-state index in [1.54, 1.807) is 11.3 Å². The Morgan fingerprint density at radius 3 is 2.87 bits per heavy atom. The Kier molecular flexibility index (Phi) is 6.69. The maximum absolute atomic E-state index is 3.52. The second kappa shape index (κ2) is 7.89. The van der Waals surface area contributed by atoms with Crippen molar-refractivity contribution in [1.29, 1.82) is 0 Å². The second-order valence-corrected chi connectivity index (χ2v) is 4.93. The second-order valence-electron chi connectivity index (χ2n) is 4.15. The van der Waals surface area contributed by atoms with Gasteiger partial charge in [0, 0.05) is 0 Å². The molecule has 0 bridgehead atoms. The van der Waals surface area contributed by atoms with Crippen LogP contribution in [-0.2, 0) is 6.42 Å². The molecule has 0 aromatic carbocycles. The summed E-state index contributed by atoms with van der Waals surface area (Å²) in [7, 11) is 0. The first-order chi connectivity index (χ1) is 7.36. The fourth-order valence-electron chi connectivity index (χ4n) is 1.74. The molecule has 0 radical (unpaired) electrons. The van der Waals surface area contributed by atoms with Gasteiger partial charge in [0.2, 0.25) is 0 Å². The van der Waals surface area contributed by atoms with Crippen molar-refractivity contribution in [2.24, 2.45) is 5.92 Å². The Balaban J connectivity index is 2.16. The Morgan fingerprint density at radius 1 is 1.40 bits per heavy atom. The van der Waals surface area contributed by atoms with E-state index in [0.29, 0.717) is 0 Å². The molecule has 1 rings (SSSR count). The molecular weight excluding hydrogens is 202 g/mol. The van der Waals surface area contributed by atoms with Gasteiger partial charge in [0.25, 0.3) is 0 Å². The van der Waals surface area contributed by atoms with Crippen LogP contribution in [0.25, 0.3) is 0 Å². The molecular formula is C13H23NS. The van der Waals surface area contributed by atoms with Crippen molar-refractivity contribution in [2.45, 2.75) is 39.5 Å². The predicted molar refractivity (Wildman–Crippen MR) is 69.6 cm³/mol. The topological polar surface area (TPSA) is 12.0 Å². The molecule has 0 saturated heterocycles. The molecule has 0 aliphatic carbocycles. The molecule has 2 heteroatoms. The van der Waals surface area contributed by atoms with Gasteiger partial charge in [-0.15, -0.1) is 0 Å². The number of thiophene rings is 1. The molecule has 0 fully saturated rings. The highest BCUT2D eigenvalue weighted by molar-refractivity contribution is 7.07. The summed E-state index contributed by atoms with van der Waals surface area (Å²) in [5, 5.41) is 7.96. The average molecular weight is 225 g/mol. The maximum Gasteiger partial charge on any atom is -0.00205 e. The largest absolute Gasteiger partial charge is 0.316 e. The molecule has 1 aromatic rings. The van der Waals surface area contributed by atoms with Crippen LogP contribution in [0.3, 0.4) is 0 Å². The van der Waals surface area contributed by atoms with Gasteiger partial charge in [-0.05, 0) is 60.7 Å². The van der Waals surface area contributed by atoms with Crippen LogP contribution in [0.1, 0.15) is 38.7 Å². The average Bonchev–Trinajstić information content (AvgIpc) is 2.76. The molecule has 0 spiro atoms. The molecule has 0 aliphatic heterocycles. The van der Waals surface area contributed by atoms with Gasteiger partial charge in [-0.2, -0.15) is 11.3 Å². The zero-order chi connectivity index (χ0) is 10.9. The summed E-state index contributed by atoms with van der Waals surface area (Å²) in [6.45, 7) is 6.87. The Bertz CT molecular complexity index is 231. The van der Waals surface area contributed by atoms with E-state index < -0.39 is 0 Å². The SMILES string of the molecule is CCCNCC(CC)CCc1ccsc1. The summed E-state index contributed by atoms with van der Waals surface area (Å²) in [6.07, 6.45) is 5.10. The highest BCUT2D eigenvalue weighted by atomic mass is 32.1. The van der Waals surface area contributed by atoms with E-state index in [4.69, 9.17) is 0 Å². The third-order valence-corrected chi connectivity index (χ3v) is 3.59. The zero-order valence-corrected chi connectivity index (χ0v) is 10.8. The van der Waals surface area contributed by atoms with Crippen molar-refractivity contribution in [3.8, 4) is 0 Å². The number of hydrogen-bond acceptors (Lipinski definition) is 2. The first-order valence-electron chi connectivity index (χ1n) is 6.08. The lowest BCUT2D eigenvalue weighted by Gasteiger charge is -2.14. The molecule has 1 unspecified atom stereocenters. The molecule has 86 valence electrons. The van der Waals surface area contributed by atoms with Gasteiger partial charge in [-0.25, -0.2) is 0 Å². The smallest absolute Gasteiger partial charge is 0.00205 e. The van der Waals surface area contributed by atoms with Crippen LogP contribution in [0.2, 0.25) is 0 Å². The van der Waals surface area contributed by atoms with E-state index in [1.807, 2.05) is 0 Å². The van der Waals surface area contributed by atoms with Crippen LogP contribution in [-0.4, -0.2) is 13.1 Å². The van der Waals surface area contributed by atoms with Gasteiger partial charge in [-0.1, -0.05) is 20.3 Å². The summed E-state index contributed by atoms with van der Waals surface area (Å²) < 4.78 is 0. The predicted octanol–water partition coefficient (Wildman–Crippen LogP) is 3.71. The summed E-state index contributed by atoms with van der Waals surface area (Å²) in [5.74, 6) is 0.844. The van der Waals surface area contributed by atoms with Gasteiger partial charge in [0.1, 0.15) is 0 Å². The van der Waals surface area contributed by atoms with Crippen LogP contribution < -0.4 is 5.32 Å². The van der Waals surface area contributed by atoms with E-state index in [9.17, 15) is 0 Å². The minimum atomic E-state index is 0.844. The van der Waals surface area contributed by atoms with E-state index in [-0.39, 0.29) is 0 Å². The standard InChI is InChI=1S/C13H23NS/c1-3-8-14-10-12(4-2)5-6-13-7-9-15-11-13/h7,9,11-12,14H,3-6,8,10H2,1-2H3. The fraction of sp³-hybridized carbons (Fsp3) is 0.692. The van der Waals surface area contributed by atoms with Gasteiger partial charge in [0.15, 0.2) is 0 Å². The molecule has 1 heterocycles. The van der Waals surface area contributed by atoms with Crippen LogP contribution in [0, 0.1) is 5.92 Å². The lowest BCUT2D eigenvalue weighted by Crippen LogP contribution is -2.23. The van der Waals surface area contributed by atoms with E-state index in [2.05, 4.69) is 36.0 Å². The third-order valence-electron chi connectivity index (χ3n) is 2.86. The van der Waals surface area contributed by atoms with Crippen LogP contribution in [0.15, 0.2) is 16.8 Å². The van der Waals surface area contributed by atoms with Crippen molar-refractivity contribution in [3.05, 3.63) is 22.4 Å². The lowest BCUT2D eigenvalue weighted by molar-refractivity contribution is 0.434. The van der Waals surface area contributed by atoms with Crippen LogP contribution >= 0.6 is 11.3 Å². The normalized spacial score (nSPS) is 12.9. The van der Waals surface area contributed by atoms with Crippen molar-refractivity contribution < 1.29 is 0 Å². The van der Waals surface area contributed by atoms with E-state index >= 15 is 0 Å². The van der Waals surface area contributed by atoms with Crippen LogP contribution in [0.4, 0.5) is 0 Å². The molecule has 1 nitrogen and oxygen atoms in total. The van der Waals surface area contributed by atoms with Crippen molar-refractivity contribution in [2.75, 3.05) is 13.1 Å². The Labute approximate surface area is 97.9 Å². The lowest BCUT2D eigenvalue weighted by atomic mass is 9.98. The number of rotatable bonds is 8. The molecule has 1 N–H and O–H groups in total. The molecule has 0 aliphatic rings. The van der Waals surface area contributed by atoms with Gasteiger partial charge < -0.3 is 5.32 Å². The fourth-order valence-corrected chi connectivity index (χ4v) is 2.44. The molecule has 0 amide bonds. The third kappa shape index (κ3) is 5.33. The van der Waals surface area contributed by atoms with Crippen LogP contribution in [0.5, 0.6) is 0 Å². The molecule has 0 saturated carbocycles. The Hall–Kier alpha value is -0.340.